The van der Waals surface area contributed by atoms with Crippen LogP contribution < -0.4 is 5.32 Å². The van der Waals surface area contributed by atoms with Crippen molar-refractivity contribution in [3.8, 4) is 0 Å². The van der Waals surface area contributed by atoms with Crippen molar-refractivity contribution >= 4 is 11.8 Å². The standard InChI is InChI=1S/C17H26N4O3/c1-24-10-9-20-7-8-21-12-14(19-15(21)17(20)23)16(22)18-11-13-5-3-2-4-6-13/h12-13H,2-11H2,1H3,(H,18,22). The molecule has 1 aromatic heterocycles. The van der Waals surface area contributed by atoms with Gasteiger partial charge >= 0.3 is 0 Å². The zero-order chi connectivity index (χ0) is 16.9. The highest BCUT2D eigenvalue weighted by Crippen LogP contribution is 2.22. The average molecular weight is 334 g/mol. The van der Waals surface area contributed by atoms with Gasteiger partial charge in [0.1, 0.15) is 5.69 Å². The maximum atomic E-state index is 12.4. The number of carbonyl (C=O) groups excluding carboxylic acids is 2. The summed E-state index contributed by atoms with van der Waals surface area (Å²) < 4.78 is 6.81. The highest BCUT2D eigenvalue weighted by atomic mass is 16.5. The monoisotopic (exact) mass is 334 g/mol. The number of carbonyl (C=O) groups is 2. The second-order valence-corrected chi connectivity index (χ2v) is 6.64. The van der Waals surface area contributed by atoms with Gasteiger partial charge in [0.2, 0.25) is 0 Å². The maximum Gasteiger partial charge on any atom is 0.290 e. The predicted molar refractivity (Wildman–Crippen MR) is 88.9 cm³/mol. The first-order chi connectivity index (χ1) is 11.7. The molecule has 2 amide bonds. The van der Waals surface area contributed by atoms with Crippen LogP contribution in [0.25, 0.3) is 0 Å². The summed E-state index contributed by atoms with van der Waals surface area (Å²) in [4.78, 5) is 30.7. The smallest absolute Gasteiger partial charge is 0.290 e. The van der Waals surface area contributed by atoms with Gasteiger partial charge in [0, 0.05) is 39.5 Å². The van der Waals surface area contributed by atoms with Crippen molar-refractivity contribution in [1.29, 1.82) is 0 Å². The molecule has 0 saturated heterocycles. The molecule has 1 aliphatic heterocycles. The lowest BCUT2D eigenvalue weighted by Gasteiger charge is -2.26. The number of hydrogen-bond donors (Lipinski definition) is 1. The van der Waals surface area contributed by atoms with Crippen molar-refractivity contribution in [3.05, 3.63) is 17.7 Å². The van der Waals surface area contributed by atoms with Crippen LogP contribution in [0.15, 0.2) is 6.20 Å². The molecular weight excluding hydrogens is 308 g/mol. The molecule has 7 nitrogen and oxygen atoms in total. The Morgan fingerprint density at radius 1 is 1.33 bits per heavy atom. The minimum atomic E-state index is -0.182. The molecule has 0 bridgehead atoms. The van der Waals surface area contributed by atoms with Crippen LogP contribution in [0, 0.1) is 5.92 Å². The van der Waals surface area contributed by atoms with Gasteiger partial charge in [-0.3, -0.25) is 9.59 Å². The molecule has 1 aromatic rings. The first-order valence-corrected chi connectivity index (χ1v) is 8.82. The van der Waals surface area contributed by atoms with E-state index in [1.165, 1.54) is 32.1 Å². The molecule has 3 rings (SSSR count). The molecule has 24 heavy (non-hydrogen) atoms. The van der Waals surface area contributed by atoms with E-state index in [1.54, 1.807) is 22.8 Å². The lowest BCUT2D eigenvalue weighted by molar-refractivity contribution is 0.0633. The van der Waals surface area contributed by atoms with Crippen LogP contribution in [0.3, 0.4) is 0 Å². The van der Waals surface area contributed by atoms with Crippen LogP contribution in [0.1, 0.15) is 53.2 Å². The van der Waals surface area contributed by atoms with Crippen LogP contribution in [0.4, 0.5) is 0 Å². The molecule has 0 unspecified atom stereocenters. The SMILES string of the molecule is COCCN1CCn2cc(C(=O)NCC3CCCCC3)nc2C1=O. The maximum absolute atomic E-state index is 12.4. The lowest BCUT2D eigenvalue weighted by atomic mass is 9.89. The molecule has 2 aliphatic rings. The Balaban J connectivity index is 1.59. The highest BCUT2D eigenvalue weighted by Gasteiger charge is 2.28. The Bertz CT molecular complexity index is 593. The summed E-state index contributed by atoms with van der Waals surface area (Å²) in [6, 6.07) is 0. The number of hydrogen-bond acceptors (Lipinski definition) is 4. The zero-order valence-electron chi connectivity index (χ0n) is 14.3. The van der Waals surface area contributed by atoms with E-state index in [4.69, 9.17) is 4.74 Å². The first-order valence-electron chi connectivity index (χ1n) is 8.82. The quantitative estimate of drug-likeness (QED) is 0.851. The molecule has 1 saturated carbocycles. The van der Waals surface area contributed by atoms with E-state index in [0.29, 0.717) is 50.2 Å². The van der Waals surface area contributed by atoms with Gasteiger partial charge in [-0.15, -0.1) is 0 Å². The number of nitrogens with one attached hydrogen (secondary N) is 1. The molecule has 1 aliphatic carbocycles. The molecule has 0 spiro atoms. The topological polar surface area (TPSA) is 76.5 Å². The number of nitrogens with zero attached hydrogens (tertiary/aromatic N) is 3. The van der Waals surface area contributed by atoms with Crippen LogP contribution in [0.5, 0.6) is 0 Å². The average Bonchev–Trinajstić information content (AvgIpc) is 3.05. The van der Waals surface area contributed by atoms with Crippen molar-refractivity contribution in [2.75, 3.05) is 33.4 Å². The molecule has 1 N–H and O–H groups in total. The predicted octanol–water partition coefficient (Wildman–Crippen LogP) is 1.30. The van der Waals surface area contributed by atoms with Gasteiger partial charge < -0.3 is 19.5 Å². The van der Waals surface area contributed by atoms with Crippen molar-refractivity contribution in [2.45, 2.75) is 38.6 Å². The van der Waals surface area contributed by atoms with E-state index < -0.39 is 0 Å². The molecule has 7 heteroatoms. The highest BCUT2D eigenvalue weighted by molar-refractivity contribution is 5.96. The van der Waals surface area contributed by atoms with Gasteiger partial charge in [-0.25, -0.2) is 4.98 Å². The Hall–Kier alpha value is -1.89. The Morgan fingerprint density at radius 3 is 2.88 bits per heavy atom. The summed E-state index contributed by atoms with van der Waals surface area (Å²) in [5.41, 5.74) is 0.336. The van der Waals surface area contributed by atoms with Gasteiger partial charge in [-0.1, -0.05) is 19.3 Å². The molecule has 0 radical (unpaired) electrons. The van der Waals surface area contributed by atoms with Crippen molar-refractivity contribution in [2.24, 2.45) is 5.92 Å². The third-order valence-corrected chi connectivity index (χ3v) is 4.94. The summed E-state index contributed by atoms with van der Waals surface area (Å²) in [6.45, 7) is 3.03. The van der Waals surface area contributed by atoms with E-state index in [1.807, 2.05) is 0 Å². The Kier molecular flexibility index (Phi) is 5.50. The number of fused-ring (bicyclic) bond motifs is 1. The van der Waals surface area contributed by atoms with Crippen molar-refractivity contribution in [3.63, 3.8) is 0 Å². The molecule has 0 atom stereocenters. The minimum Gasteiger partial charge on any atom is -0.383 e. The summed E-state index contributed by atoms with van der Waals surface area (Å²) in [5, 5.41) is 2.98. The van der Waals surface area contributed by atoms with Gasteiger partial charge in [-0.2, -0.15) is 0 Å². The van der Waals surface area contributed by atoms with Crippen LogP contribution >= 0.6 is 0 Å². The molecular formula is C17H26N4O3. The summed E-state index contributed by atoms with van der Waals surface area (Å²) in [5.74, 6) is 0.606. The number of amides is 2. The van der Waals surface area contributed by atoms with E-state index in [0.717, 1.165) is 0 Å². The number of methoxy groups -OCH3 is 1. The van der Waals surface area contributed by atoms with Crippen molar-refractivity contribution < 1.29 is 14.3 Å². The fraction of sp³-hybridized carbons (Fsp3) is 0.706. The van der Waals surface area contributed by atoms with E-state index in [9.17, 15) is 9.59 Å². The van der Waals surface area contributed by atoms with Crippen molar-refractivity contribution in [1.82, 2.24) is 19.8 Å². The Labute approximate surface area is 142 Å². The van der Waals surface area contributed by atoms with Crippen LogP contribution in [0.2, 0.25) is 0 Å². The number of rotatable bonds is 6. The number of aromatic nitrogens is 2. The second kappa shape index (κ2) is 7.79. The number of ether oxygens (including phenoxy) is 1. The lowest BCUT2D eigenvalue weighted by Crippen LogP contribution is -2.42. The first kappa shape index (κ1) is 17.0. The molecule has 2 heterocycles. The normalized spacial score (nSPS) is 18.5. The summed E-state index contributed by atoms with van der Waals surface area (Å²) in [6.07, 6.45) is 7.88. The molecule has 132 valence electrons. The number of imidazole rings is 1. The second-order valence-electron chi connectivity index (χ2n) is 6.64. The van der Waals surface area contributed by atoms with Crippen LogP contribution in [-0.2, 0) is 11.3 Å². The van der Waals surface area contributed by atoms with Gasteiger partial charge in [0.25, 0.3) is 11.8 Å². The summed E-state index contributed by atoms with van der Waals surface area (Å²) >= 11 is 0. The minimum absolute atomic E-state index is 0.135. The van der Waals surface area contributed by atoms with Gasteiger partial charge in [0.05, 0.1) is 6.61 Å². The fourth-order valence-corrected chi connectivity index (χ4v) is 3.47. The van der Waals surface area contributed by atoms with E-state index >= 15 is 0 Å². The molecule has 1 fully saturated rings. The third-order valence-electron chi connectivity index (χ3n) is 4.94. The third kappa shape index (κ3) is 3.77. The van der Waals surface area contributed by atoms with E-state index in [-0.39, 0.29) is 11.8 Å². The van der Waals surface area contributed by atoms with Gasteiger partial charge in [0.15, 0.2) is 5.82 Å². The Morgan fingerprint density at radius 2 is 2.12 bits per heavy atom. The fourth-order valence-electron chi connectivity index (χ4n) is 3.47. The summed E-state index contributed by atoms with van der Waals surface area (Å²) in [7, 11) is 1.62. The molecule has 0 aromatic carbocycles. The largest absolute Gasteiger partial charge is 0.383 e. The van der Waals surface area contributed by atoms with Crippen LogP contribution in [-0.4, -0.2) is 59.6 Å². The van der Waals surface area contributed by atoms with E-state index in [2.05, 4.69) is 10.3 Å². The zero-order valence-corrected chi connectivity index (χ0v) is 14.3. The van der Waals surface area contributed by atoms with Gasteiger partial charge in [-0.05, 0) is 18.8 Å².